The van der Waals surface area contributed by atoms with Gasteiger partial charge in [0, 0.05) is 30.3 Å². The van der Waals surface area contributed by atoms with Crippen LogP contribution in [0.25, 0.3) is 11.4 Å². The van der Waals surface area contributed by atoms with Crippen LogP contribution < -0.4 is 9.47 Å². The number of likely N-dealkylation sites (tertiary alicyclic amines) is 1. The van der Waals surface area contributed by atoms with Crippen LogP contribution in [0.3, 0.4) is 0 Å². The lowest BCUT2D eigenvalue weighted by atomic mass is 9.97. The van der Waals surface area contributed by atoms with Crippen LogP contribution in [-0.4, -0.2) is 48.3 Å². The van der Waals surface area contributed by atoms with Crippen molar-refractivity contribution in [1.82, 2.24) is 15.0 Å². The predicted molar refractivity (Wildman–Crippen MR) is 121 cm³/mol. The van der Waals surface area contributed by atoms with Crippen LogP contribution in [-0.2, 0) is 0 Å². The zero-order valence-electron chi connectivity index (χ0n) is 19.0. The number of carbonyl (C=O) groups excluding carboxylic acids is 1. The van der Waals surface area contributed by atoms with Crippen LogP contribution in [0.15, 0.2) is 47.0 Å². The smallest absolute Gasteiger partial charge is 0.254 e. The van der Waals surface area contributed by atoms with Gasteiger partial charge in [0.05, 0.1) is 20.1 Å². The molecule has 4 rings (SSSR count). The highest BCUT2D eigenvalue weighted by atomic mass is 16.5. The van der Waals surface area contributed by atoms with E-state index in [0.29, 0.717) is 47.8 Å². The van der Waals surface area contributed by atoms with Crippen molar-refractivity contribution in [3.05, 3.63) is 59.5 Å². The number of aromatic nitrogens is 2. The van der Waals surface area contributed by atoms with E-state index in [2.05, 4.69) is 36.1 Å². The summed E-state index contributed by atoms with van der Waals surface area (Å²) in [5, 5.41) is 4.19. The Morgan fingerprint density at radius 2 is 1.78 bits per heavy atom. The van der Waals surface area contributed by atoms with Gasteiger partial charge in [-0.3, -0.25) is 4.79 Å². The van der Waals surface area contributed by atoms with Crippen molar-refractivity contribution in [2.24, 2.45) is 0 Å². The molecule has 168 valence electrons. The van der Waals surface area contributed by atoms with Gasteiger partial charge in [0.1, 0.15) is 11.5 Å². The second-order valence-corrected chi connectivity index (χ2v) is 8.42. The van der Waals surface area contributed by atoms with E-state index in [1.807, 2.05) is 17.0 Å². The fourth-order valence-electron chi connectivity index (χ4n) is 4.01. The first-order chi connectivity index (χ1) is 15.5. The van der Waals surface area contributed by atoms with Crippen LogP contribution in [0.4, 0.5) is 0 Å². The molecule has 0 aliphatic carbocycles. The second kappa shape index (κ2) is 9.42. The highest BCUT2D eigenvalue weighted by Crippen LogP contribution is 2.30. The maximum atomic E-state index is 13.2. The molecule has 1 atom stereocenters. The van der Waals surface area contributed by atoms with Gasteiger partial charge in [-0.1, -0.05) is 43.3 Å². The summed E-state index contributed by atoms with van der Waals surface area (Å²) in [6.45, 7) is 5.55. The fraction of sp³-hybridized carbons (Fsp3) is 0.400. The van der Waals surface area contributed by atoms with Crippen molar-refractivity contribution in [3.8, 4) is 22.9 Å². The standard InChI is InChI=1S/C25H29N3O4/c1-16(2)17-7-9-18(10-8-17)23-26-24(32-27-23)19-6-5-11-28(15-19)25(29)20-12-21(30-3)14-22(13-20)31-4/h7-10,12-14,16,19H,5-6,11,15H2,1-4H3. The van der Waals surface area contributed by atoms with Gasteiger partial charge in [0.15, 0.2) is 0 Å². The van der Waals surface area contributed by atoms with Crippen LogP contribution in [0.2, 0.25) is 0 Å². The van der Waals surface area contributed by atoms with E-state index in [1.54, 1.807) is 32.4 Å². The topological polar surface area (TPSA) is 77.7 Å². The quantitative estimate of drug-likeness (QED) is 0.548. The van der Waals surface area contributed by atoms with E-state index < -0.39 is 0 Å². The zero-order valence-corrected chi connectivity index (χ0v) is 19.0. The van der Waals surface area contributed by atoms with Crippen LogP contribution >= 0.6 is 0 Å². The fourth-order valence-corrected chi connectivity index (χ4v) is 4.01. The van der Waals surface area contributed by atoms with Crippen molar-refractivity contribution >= 4 is 5.91 Å². The number of rotatable bonds is 6. The average Bonchev–Trinajstić information content (AvgIpc) is 3.33. The molecule has 7 heteroatoms. The molecule has 32 heavy (non-hydrogen) atoms. The summed E-state index contributed by atoms with van der Waals surface area (Å²) in [6.07, 6.45) is 1.78. The highest BCUT2D eigenvalue weighted by Gasteiger charge is 2.29. The minimum absolute atomic E-state index is 0.0105. The largest absolute Gasteiger partial charge is 0.497 e. The Labute approximate surface area is 188 Å². The summed E-state index contributed by atoms with van der Waals surface area (Å²) in [6, 6.07) is 13.5. The van der Waals surface area contributed by atoms with E-state index in [0.717, 1.165) is 18.4 Å². The molecule has 0 spiro atoms. The molecule has 7 nitrogen and oxygen atoms in total. The lowest BCUT2D eigenvalue weighted by Gasteiger charge is -2.31. The number of ether oxygens (including phenoxy) is 2. The minimum Gasteiger partial charge on any atom is -0.497 e. The number of carbonyl (C=O) groups is 1. The van der Waals surface area contributed by atoms with Crippen LogP contribution in [0, 0.1) is 0 Å². The van der Waals surface area contributed by atoms with Crippen molar-refractivity contribution in [2.45, 2.75) is 38.5 Å². The van der Waals surface area contributed by atoms with E-state index in [-0.39, 0.29) is 11.8 Å². The normalized spacial score (nSPS) is 16.3. The molecule has 2 heterocycles. The number of hydrogen-bond donors (Lipinski definition) is 0. The summed E-state index contributed by atoms with van der Waals surface area (Å²) in [7, 11) is 3.15. The molecule has 0 bridgehead atoms. The molecular weight excluding hydrogens is 406 g/mol. The SMILES string of the molecule is COc1cc(OC)cc(C(=O)N2CCCC(c3nc(-c4ccc(C(C)C)cc4)no3)C2)c1. The van der Waals surface area contributed by atoms with E-state index >= 15 is 0 Å². The Bertz CT molecular complexity index is 1050. The van der Waals surface area contributed by atoms with Crippen LogP contribution in [0.5, 0.6) is 11.5 Å². The van der Waals surface area contributed by atoms with Crippen molar-refractivity contribution < 1.29 is 18.8 Å². The van der Waals surface area contributed by atoms with Gasteiger partial charge in [-0.2, -0.15) is 4.98 Å². The lowest BCUT2D eigenvalue weighted by molar-refractivity contribution is 0.0695. The maximum absolute atomic E-state index is 13.2. The molecule has 1 saturated heterocycles. The molecule has 0 radical (unpaired) electrons. The molecule has 1 fully saturated rings. The first kappa shape index (κ1) is 21.9. The number of hydrogen-bond acceptors (Lipinski definition) is 6. The van der Waals surface area contributed by atoms with E-state index in [1.165, 1.54) is 5.56 Å². The Balaban J connectivity index is 1.49. The summed E-state index contributed by atoms with van der Waals surface area (Å²) in [5.41, 5.74) is 2.74. The van der Waals surface area contributed by atoms with Crippen molar-refractivity contribution in [3.63, 3.8) is 0 Å². The van der Waals surface area contributed by atoms with Gasteiger partial charge >= 0.3 is 0 Å². The maximum Gasteiger partial charge on any atom is 0.254 e. The molecular formula is C25H29N3O4. The van der Waals surface area contributed by atoms with Gasteiger partial charge in [0.25, 0.3) is 5.91 Å². The Morgan fingerprint density at radius 3 is 2.41 bits per heavy atom. The molecule has 0 saturated carbocycles. The Kier molecular flexibility index (Phi) is 6.44. The first-order valence-electron chi connectivity index (χ1n) is 10.9. The van der Waals surface area contributed by atoms with Crippen LogP contribution in [0.1, 0.15) is 60.3 Å². The first-order valence-corrected chi connectivity index (χ1v) is 10.9. The van der Waals surface area contributed by atoms with E-state index in [4.69, 9.17) is 14.0 Å². The number of piperidine rings is 1. The molecule has 1 unspecified atom stereocenters. The molecule has 1 aliphatic rings. The average molecular weight is 436 g/mol. The minimum atomic E-state index is -0.0593. The number of methoxy groups -OCH3 is 2. The van der Waals surface area contributed by atoms with E-state index in [9.17, 15) is 4.79 Å². The highest BCUT2D eigenvalue weighted by molar-refractivity contribution is 5.95. The Hall–Kier alpha value is -3.35. The number of benzene rings is 2. The molecule has 3 aromatic rings. The van der Waals surface area contributed by atoms with Gasteiger partial charge in [-0.05, 0) is 36.5 Å². The number of nitrogens with zero attached hydrogens (tertiary/aromatic N) is 3. The summed E-state index contributed by atoms with van der Waals surface area (Å²) >= 11 is 0. The second-order valence-electron chi connectivity index (χ2n) is 8.42. The molecule has 2 aromatic carbocycles. The third kappa shape index (κ3) is 4.61. The van der Waals surface area contributed by atoms with Gasteiger partial charge < -0.3 is 18.9 Å². The third-order valence-electron chi connectivity index (χ3n) is 5.93. The van der Waals surface area contributed by atoms with Gasteiger partial charge in [-0.25, -0.2) is 0 Å². The van der Waals surface area contributed by atoms with Crippen molar-refractivity contribution in [2.75, 3.05) is 27.3 Å². The van der Waals surface area contributed by atoms with Gasteiger partial charge in [0.2, 0.25) is 11.7 Å². The summed E-state index contributed by atoms with van der Waals surface area (Å²) in [5.74, 6) is 2.76. The molecule has 1 aromatic heterocycles. The monoisotopic (exact) mass is 435 g/mol. The zero-order chi connectivity index (χ0) is 22.7. The molecule has 1 amide bonds. The van der Waals surface area contributed by atoms with Crippen molar-refractivity contribution in [1.29, 1.82) is 0 Å². The predicted octanol–water partition coefficient (Wildman–Crippen LogP) is 4.90. The summed E-state index contributed by atoms with van der Waals surface area (Å²) in [4.78, 5) is 19.7. The molecule has 1 aliphatic heterocycles. The number of amides is 1. The Morgan fingerprint density at radius 1 is 1.09 bits per heavy atom. The summed E-state index contributed by atoms with van der Waals surface area (Å²) < 4.78 is 16.2. The van der Waals surface area contributed by atoms with Gasteiger partial charge in [-0.15, -0.1) is 0 Å². The third-order valence-corrected chi connectivity index (χ3v) is 5.93. The molecule has 0 N–H and O–H groups in total. The lowest BCUT2D eigenvalue weighted by Crippen LogP contribution is -2.39.